The molecule has 0 aliphatic heterocycles. The lowest BCUT2D eigenvalue weighted by molar-refractivity contribution is -0.143. The van der Waals surface area contributed by atoms with E-state index in [1.807, 2.05) is 0 Å². The number of rotatable bonds is 16. The Labute approximate surface area is 144 Å². The van der Waals surface area contributed by atoms with E-state index in [1.165, 1.54) is 38.5 Å². The summed E-state index contributed by atoms with van der Waals surface area (Å²) in [5.74, 6) is -3.20. The Hall–Kier alpha value is -1.15. The van der Waals surface area contributed by atoms with Crippen molar-refractivity contribution in [3.8, 4) is 0 Å². The maximum atomic E-state index is 11.7. The van der Waals surface area contributed by atoms with E-state index in [2.05, 4.69) is 11.1 Å². The molecule has 0 aliphatic rings. The van der Waals surface area contributed by atoms with Gasteiger partial charge in [-0.1, -0.05) is 64.7 Å². The van der Waals surface area contributed by atoms with Crippen molar-refractivity contribution in [3.63, 3.8) is 0 Å². The molecule has 0 fully saturated rings. The summed E-state index contributed by atoms with van der Waals surface area (Å²) in [6.07, 6.45) is 9.83. The second kappa shape index (κ2) is 13.2. The van der Waals surface area contributed by atoms with Crippen LogP contribution in [0.1, 0.15) is 77.6 Å². The van der Waals surface area contributed by atoms with Gasteiger partial charge in [0, 0.05) is 0 Å². The molecule has 8 heteroatoms. The third-order valence-corrected chi connectivity index (χ3v) is 5.29. The number of hydrogen-bond acceptors (Lipinski definition) is 5. The van der Waals surface area contributed by atoms with Gasteiger partial charge in [-0.15, -0.1) is 0 Å². The van der Waals surface area contributed by atoms with Crippen LogP contribution in [0.4, 0.5) is 0 Å². The molecule has 0 amide bonds. The van der Waals surface area contributed by atoms with Crippen molar-refractivity contribution in [2.24, 2.45) is 0 Å². The van der Waals surface area contributed by atoms with Gasteiger partial charge in [-0.2, -0.15) is 8.42 Å². The average molecular weight is 366 g/mol. The highest BCUT2D eigenvalue weighted by molar-refractivity contribution is 7.88. The van der Waals surface area contributed by atoms with Gasteiger partial charge in [0.05, 0.1) is 13.0 Å². The van der Waals surface area contributed by atoms with E-state index in [4.69, 9.17) is 10.2 Å². The zero-order valence-electron chi connectivity index (χ0n) is 14.4. The van der Waals surface area contributed by atoms with Crippen LogP contribution in [0.25, 0.3) is 0 Å². The molecule has 142 valence electrons. The monoisotopic (exact) mass is 366 g/mol. The van der Waals surface area contributed by atoms with Crippen LogP contribution in [-0.2, 0) is 23.9 Å². The normalized spacial score (nSPS) is 12.9. The van der Waals surface area contributed by atoms with Gasteiger partial charge in [0.2, 0.25) is 0 Å². The maximum absolute atomic E-state index is 11.7. The summed E-state index contributed by atoms with van der Waals surface area (Å²) in [5.41, 5.74) is 0. The number of carbonyl (C=O) groups is 2. The first-order valence-corrected chi connectivity index (χ1v) is 10.1. The fourth-order valence-electron chi connectivity index (χ4n) is 2.32. The van der Waals surface area contributed by atoms with Gasteiger partial charge in [0.1, 0.15) is 0 Å². The average Bonchev–Trinajstić information content (AvgIpc) is 2.49. The Morgan fingerprint density at radius 3 is 1.75 bits per heavy atom. The smallest absolute Gasteiger partial charge is 0.325 e. The number of carboxylic acids is 2. The topological polar surface area (TPSA) is 118 Å². The molecular formula is C16H30O7S. The highest BCUT2D eigenvalue weighted by Gasteiger charge is 2.35. The zero-order chi connectivity index (χ0) is 18.4. The summed E-state index contributed by atoms with van der Waals surface area (Å²) in [6.45, 7) is 2.07. The van der Waals surface area contributed by atoms with E-state index in [-0.39, 0.29) is 6.61 Å². The van der Waals surface area contributed by atoms with Crippen molar-refractivity contribution in [2.45, 2.75) is 82.8 Å². The Kier molecular flexibility index (Phi) is 12.5. The predicted octanol–water partition coefficient (Wildman–Crippen LogP) is 3.18. The quantitative estimate of drug-likeness (QED) is 0.318. The molecule has 1 atom stereocenters. The molecule has 0 aromatic rings. The van der Waals surface area contributed by atoms with Crippen molar-refractivity contribution in [1.29, 1.82) is 0 Å². The third kappa shape index (κ3) is 11.4. The van der Waals surface area contributed by atoms with Gasteiger partial charge < -0.3 is 10.2 Å². The minimum Gasteiger partial charge on any atom is -0.481 e. The number of carboxylic acid groups (broad SMARTS) is 2. The molecule has 0 unspecified atom stereocenters. The fraction of sp³-hybridized carbons (Fsp3) is 0.875. The van der Waals surface area contributed by atoms with Crippen molar-refractivity contribution in [3.05, 3.63) is 0 Å². The van der Waals surface area contributed by atoms with Gasteiger partial charge in [-0.25, -0.2) is 0 Å². The Morgan fingerprint density at radius 1 is 0.875 bits per heavy atom. The Bertz CT molecular complexity index is 459. The van der Waals surface area contributed by atoms with E-state index in [0.717, 1.165) is 19.3 Å². The fourth-order valence-corrected chi connectivity index (χ4v) is 3.43. The van der Waals surface area contributed by atoms with Crippen LogP contribution in [0, 0.1) is 0 Å². The molecule has 24 heavy (non-hydrogen) atoms. The lowest BCUT2D eigenvalue weighted by atomic mass is 10.1. The number of hydrogen-bond donors (Lipinski definition) is 2. The summed E-state index contributed by atoms with van der Waals surface area (Å²) >= 11 is 0. The van der Waals surface area contributed by atoms with Crippen molar-refractivity contribution < 1.29 is 32.4 Å². The molecular weight excluding hydrogens is 336 g/mol. The Balaban J connectivity index is 3.81. The minimum atomic E-state index is -4.41. The van der Waals surface area contributed by atoms with E-state index in [1.54, 1.807) is 0 Å². The highest BCUT2D eigenvalue weighted by atomic mass is 32.2. The third-order valence-electron chi connectivity index (χ3n) is 3.73. The molecule has 0 radical (unpaired) electrons. The zero-order valence-corrected chi connectivity index (χ0v) is 15.2. The van der Waals surface area contributed by atoms with Crippen LogP contribution in [0.2, 0.25) is 0 Å². The molecule has 7 nitrogen and oxygen atoms in total. The first-order valence-electron chi connectivity index (χ1n) is 8.64. The van der Waals surface area contributed by atoms with E-state index >= 15 is 0 Å². The van der Waals surface area contributed by atoms with Crippen LogP contribution < -0.4 is 0 Å². The van der Waals surface area contributed by atoms with Crippen LogP contribution in [0.5, 0.6) is 0 Å². The molecule has 0 aromatic heterocycles. The van der Waals surface area contributed by atoms with Gasteiger partial charge >= 0.3 is 11.9 Å². The van der Waals surface area contributed by atoms with E-state index in [0.29, 0.717) is 6.42 Å². The summed E-state index contributed by atoms with van der Waals surface area (Å²) < 4.78 is 28.1. The molecule has 0 aromatic carbocycles. The largest absolute Gasteiger partial charge is 0.481 e. The first-order chi connectivity index (χ1) is 11.3. The van der Waals surface area contributed by atoms with Gasteiger partial charge in [0.15, 0.2) is 5.25 Å². The second-order valence-electron chi connectivity index (χ2n) is 5.92. The van der Waals surface area contributed by atoms with Gasteiger partial charge in [-0.05, 0) is 6.42 Å². The summed E-state index contributed by atoms with van der Waals surface area (Å²) in [4.78, 5) is 21.4. The Morgan fingerprint density at radius 2 is 1.33 bits per heavy atom. The van der Waals surface area contributed by atoms with Crippen LogP contribution >= 0.6 is 0 Å². The number of aliphatic carboxylic acids is 2. The van der Waals surface area contributed by atoms with Crippen LogP contribution in [0.15, 0.2) is 0 Å². The molecule has 2 N–H and O–H groups in total. The maximum Gasteiger partial charge on any atom is 0.325 e. The summed E-state index contributed by atoms with van der Waals surface area (Å²) in [5, 5.41) is 15.3. The molecule has 0 spiro atoms. The van der Waals surface area contributed by atoms with Crippen molar-refractivity contribution >= 4 is 22.1 Å². The van der Waals surface area contributed by atoms with Crippen LogP contribution in [0.3, 0.4) is 0 Å². The molecule has 0 rings (SSSR count). The summed E-state index contributed by atoms with van der Waals surface area (Å²) in [7, 11) is -4.41. The predicted molar refractivity (Wildman–Crippen MR) is 90.4 cm³/mol. The van der Waals surface area contributed by atoms with Crippen molar-refractivity contribution in [1.82, 2.24) is 0 Å². The molecule has 0 aliphatic carbocycles. The highest BCUT2D eigenvalue weighted by Crippen LogP contribution is 2.13. The molecule has 0 saturated heterocycles. The van der Waals surface area contributed by atoms with Crippen molar-refractivity contribution in [2.75, 3.05) is 6.61 Å². The first kappa shape index (κ1) is 22.9. The lowest BCUT2D eigenvalue weighted by Crippen LogP contribution is -2.34. The van der Waals surface area contributed by atoms with Crippen LogP contribution in [-0.4, -0.2) is 42.4 Å². The number of unbranched alkanes of at least 4 members (excludes halogenated alkanes) is 9. The van der Waals surface area contributed by atoms with E-state index < -0.39 is 33.7 Å². The van der Waals surface area contributed by atoms with E-state index in [9.17, 15) is 18.0 Å². The summed E-state index contributed by atoms with van der Waals surface area (Å²) in [6, 6.07) is 0. The SMILES string of the molecule is CCCCCCCCCCCCOS(=O)(=O)[C@@H](CC(=O)O)C(=O)O. The molecule has 0 bridgehead atoms. The standard InChI is InChI=1S/C16H30O7S/c1-2-3-4-5-6-7-8-9-10-11-12-23-24(21,22)14(16(19)20)13-15(17)18/h14H,2-13H2,1H3,(H,17,18)(H,19,20)/t14-/m0/s1. The molecule has 0 heterocycles. The minimum absolute atomic E-state index is 0.109. The second-order valence-corrected chi connectivity index (χ2v) is 7.71. The van der Waals surface area contributed by atoms with Gasteiger partial charge in [0.25, 0.3) is 10.1 Å². The molecule has 0 saturated carbocycles. The lowest BCUT2D eigenvalue weighted by Gasteiger charge is -2.11. The van der Waals surface area contributed by atoms with Gasteiger partial charge in [-0.3, -0.25) is 13.8 Å².